The van der Waals surface area contributed by atoms with Gasteiger partial charge < -0.3 is 15.2 Å². The molecule has 2 N–H and O–H groups in total. The minimum absolute atomic E-state index is 0.113. The second-order valence-corrected chi connectivity index (χ2v) is 6.94. The number of aryl methyl sites for hydroxylation is 2. The van der Waals surface area contributed by atoms with E-state index in [1.165, 1.54) is 0 Å². The second kappa shape index (κ2) is 6.24. The van der Waals surface area contributed by atoms with E-state index in [0.29, 0.717) is 25.1 Å². The highest BCUT2D eigenvalue weighted by molar-refractivity contribution is 5.68. The smallest absolute Gasteiger partial charge is 0.407 e. The zero-order chi connectivity index (χ0) is 16.5. The number of nitrogens with one attached hydrogen (secondary N) is 1. The lowest BCUT2D eigenvalue weighted by molar-refractivity contribution is 0.0384. The topological polar surface area (TPSA) is 89.3 Å². The van der Waals surface area contributed by atoms with Gasteiger partial charge in [0.25, 0.3) is 0 Å². The van der Waals surface area contributed by atoms with Gasteiger partial charge in [-0.2, -0.15) is 5.10 Å². The Bertz CT molecular complexity index is 535. The fourth-order valence-corrected chi connectivity index (χ4v) is 2.87. The number of aliphatic hydroxyl groups excluding tert-OH is 1. The molecule has 7 nitrogen and oxygen atoms in total. The molecule has 1 aliphatic rings. The van der Waals surface area contributed by atoms with Crippen LogP contribution < -0.4 is 5.32 Å². The third-order valence-corrected chi connectivity index (χ3v) is 3.71. The van der Waals surface area contributed by atoms with Gasteiger partial charge in [0, 0.05) is 0 Å². The molecule has 1 heterocycles. The number of hydrogen-bond acceptors (Lipinski definition) is 5. The Kier molecular flexibility index (Phi) is 4.75. The second-order valence-electron chi connectivity index (χ2n) is 6.94. The van der Waals surface area contributed by atoms with Gasteiger partial charge in [-0.25, -0.2) is 14.5 Å². The van der Waals surface area contributed by atoms with E-state index in [2.05, 4.69) is 15.4 Å². The Balaban J connectivity index is 2.13. The molecule has 7 heteroatoms. The maximum Gasteiger partial charge on any atom is 0.407 e. The first-order chi connectivity index (χ1) is 10.2. The SMILES string of the molecule is Cc1nc(C)n(C2CC(O)CCC2NC(=O)OC(C)(C)C)n1. The number of carbonyl (C=O) groups excluding carboxylic acids is 1. The van der Waals surface area contributed by atoms with Gasteiger partial charge in [0.15, 0.2) is 0 Å². The number of hydrogen-bond donors (Lipinski definition) is 2. The molecule has 3 atom stereocenters. The quantitative estimate of drug-likeness (QED) is 0.870. The van der Waals surface area contributed by atoms with Crippen LogP contribution in [0.2, 0.25) is 0 Å². The Labute approximate surface area is 131 Å². The highest BCUT2D eigenvalue weighted by Gasteiger charge is 2.34. The third kappa shape index (κ3) is 4.19. The lowest BCUT2D eigenvalue weighted by Gasteiger charge is -2.35. The highest BCUT2D eigenvalue weighted by atomic mass is 16.6. The van der Waals surface area contributed by atoms with Gasteiger partial charge in [-0.05, 0) is 53.9 Å². The van der Waals surface area contributed by atoms with Crippen molar-refractivity contribution in [1.82, 2.24) is 20.1 Å². The molecular formula is C15H26N4O3. The van der Waals surface area contributed by atoms with Crippen molar-refractivity contribution in [1.29, 1.82) is 0 Å². The monoisotopic (exact) mass is 310 g/mol. The van der Waals surface area contributed by atoms with Crippen LogP contribution in [-0.4, -0.2) is 43.7 Å². The maximum absolute atomic E-state index is 12.0. The summed E-state index contributed by atoms with van der Waals surface area (Å²) in [5.74, 6) is 1.47. The van der Waals surface area contributed by atoms with E-state index in [-0.39, 0.29) is 18.2 Å². The van der Waals surface area contributed by atoms with Crippen LogP contribution in [0.1, 0.15) is 57.7 Å². The van der Waals surface area contributed by atoms with E-state index in [1.54, 1.807) is 4.68 Å². The molecule has 2 rings (SSSR count). The zero-order valence-corrected chi connectivity index (χ0v) is 14.0. The Morgan fingerprint density at radius 1 is 1.36 bits per heavy atom. The number of aromatic nitrogens is 3. The van der Waals surface area contributed by atoms with E-state index >= 15 is 0 Å². The molecule has 124 valence electrons. The van der Waals surface area contributed by atoms with Crippen LogP contribution in [0.15, 0.2) is 0 Å². The largest absolute Gasteiger partial charge is 0.444 e. The number of carbonyl (C=O) groups is 1. The van der Waals surface area contributed by atoms with Crippen LogP contribution in [-0.2, 0) is 4.74 Å². The molecule has 1 saturated carbocycles. The number of ether oxygens (including phenoxy) is 1. The van der Waals surface area contributed by atoms with Gasteiger partial charge in [0.05, 0.1) is 18.2 Å². The molecule has 0 bridgehead atoms. The van der Waals surface area contributed by atoms with Crippen LogP contribution in [0.25, 0.3) is 0 Å². The lowest BCUT2D eigenvalue weighted by Crippen LogP contribution is -2.47. The minimum atomic E-state index is -0.534. The van der Waals surface area contributed by atoms with Gasteiger partial charge >= 0.3 is 6.09 Å². The standard InChI is InChI=1S/C15H26N4O3/c1-9-16-10(2)19(18-9)13-8-11(20)6-7-12(13)17-14(21)22-15(3,4)5/h11-13,20H,6-8H2,1-5H3,(H,17,21). The average Bonchev–Trinajstić information content (AvgIpc) is 2.68. The molecule has 1 aromatic rings. The molecule has 0 aromatic carbocycles. The van der Waals surface area contributed by atoms with Crippen molar-refractivity contribution in [2.45, 2.75) is 77.7 Å². The molecule has 0 aliphatic heterocycles. The van der Waals surface area contributed by atoms with Gasteiger partial charge in [-0.15, -0.1) is 0 Å². The molecule has 1 fully saturated rings. The summed E-state index contributed by atoms with van der Waals surface area (Å²) in [6.45, 7) is 9.21. The number of alkyl carbamates (subject to hydrolysis) is 1. The predicted octanol–water partition coefficient (Wildman–Crippen LogP) is 1.87. The molecule has 0 saturated heterocycles. The first kappa shape index (κ1) is 16.7. The summed E-state index contributed by atoms with van der Waals surface area (Å²) in [6, 6.07) is -0.240. The first-order valence-corrected chi connectivity index (χ1v) is 7.73. The van der Waals surface area contributed by atoms with Crippen molar-refractivity contribution in [3.05, 3.63) is 11.6 Å². The Morgan fingerprint density at radius 3 is 2.59 bits per heavy atom. The maximum atomic E-state index is 12.0. The average molecular weight is 310 g/mol. The summed E-state index contributed by atoms with van der Waals surface area (Å²) < 4.78 is 7.13. The fraction of sp³-hybridized carbons (Fsp3) is 0.800. The number of nitrogens with zero attached hydrogens (tertiary/aromatic N) is 3. The van der Waals surface area contributed by atoms with E-state index < -0.39 is 11.7 Å². The van der Waals surface area contributed by atoms with E-state index in [4.69, 9.17) is 4.74 Å². The summed E-state index contributed by atoms with van der Waals surface area (Å²) in [5.41, 5.74) is -0.534. The molecule has 0 spiro atoms. The summed E-state index contributed by atoms with van der Waals surface area (Å²) in [7, 11) is 0. The molecule has 1 amide bonds. The molecule has 22 heavy (non-hydrogen) atoms. The fourth-order valence-electron chi connectivity index (χ4n) is 2.87. The van der Waals surface area contributed by atoms with E-state index in [0.717, 1.165) is 5.82 Å². The van der Waals surface area contributed by atoms with Crippen LogP contribution in [0.5, 0.6) is 0 Å². The first-order valence-electron chi connectivity index (χ1n) is 7.73. The minimum Gasteiger partial charge on any atom is -0.444 e. The third-order valence-electron chi connectivity index (χ3n) is 3.71. The predicted molar refractivity (Wildman–Crippen MR) is 81.5 cm³/mol. The molecular weight excluding hydrogens is 284 g/mol. The Hall–Kier alpha value is -1.63. The summed E-state index contributed by atoms with van der Waals surface area (Å²) in [6.07, 6.45) is 1.07. The zero-order valence-electron chi connectivity index (χ0n) is 14.0. The van der Waals surface area contributed by atoms with Crippen LogP contribution >= 0.6 is 0 Å². The number of aliphatic hydroxyl groups is 1. The number of rotatable bonds is 2. The van der Waals surface area contributed by atoms with E-state index in [1.807, 2.05) is 34.6 Å². The summed E-state index contributed by atoms with van der Waals surface area (Å²) in [4.78, 5) is 16.3. The molecule has 3 unspecified atom stereocenters. The van der Waals surface area contributed by atoms with Crippen molar-refractivity contribution < 1.29 is 14.6 Å². The lowest BCUT2D eigenvalue weighted by atomic mass is 9.88. The van der Waals surface area contributed by atoms with E-state index in [9.17, 15) is 9.90 Å². The molecule has 1 aliphatic carbocycles. The van der Waals surface area contributed by atoms with Crippen molar-refractivity contribution in [2.24, 2.45) is 0 Å². The van der Waals surface area contributed by atoms with Gasteiger partial charge in [0.1, 0.15) is 17.2 Å². The van der Waals surface area contributed by atoms with Crippen LogP contribution in [0.3, 0.4) is 0 Å². The summed E-state index contributed by atoms with van der Waals surface area (Å²) in [5, 5.41) is 17.3. The number of amides is 1. The van der Waals surface area contributed by atoms with Gasteiger partial charge in [0.2, 0.25) is 0 Å². The van der Waals surface area contributed by atoms with Crippen molar-refractivity contribution in [3.8, 4) is 0 Å². The summed E-state index contributed by atoms with van der Waals surface area (Å²) >= 11 is 0. The molecule has 0 radical (unpaired) electrons. The highest BCUT2D eigenvalue weighted by Crippen LogP contribution is 2.29. The van der Waals surface area contributed by atoms with Crippen molar-refractivity contribution >= 4 is 6.09 Å². The molecule has 1 aromatic heterocycles. The Morgan fingerprint density at radius 2 is 2.05 bits per heavy atom. The van der Waals surface area contributed by atoms with Crippen molar-refractivity contribution in [3.63, 3.8) is 0 Å². The normalized spacial score (nSPS) is 25.8. The van der Waals surface area contributed by atoms with Gasteiger partial charge in [-0.1, -0.05) is 0 Å². The van der Waals surface area contributed by atoms with Gasteiger partial charge in [-0.3, -0.25) is 0 Å². The van der Waals surface area contributed by atoms with Crippen LogP contribution in [0.4, 0.5) is 4.79 Å². The van der Waals surface area contributed by atoms with Crippen molar-refractivity contribution in [2.75, 3.05) is 0 Å². The van der Waals surface area contributed by atoms with Crippen LogP contribution in [0, 0.1) is 13.8 Å².